The number of nitrogens with one attached hydrogen (secondary N) is 1. The third kappa shape index (κ3) is 6.28. The summed E-state index contributed by atoms with van der Waals surface area (Å²) in [6.45, 7) is 0.786. The highest BCUT2D eigenvalue weighted by Gasteiger charge is 2.29. The van der Waals surface area contributed by atoms with E-state index in [0.717, 1.165) is 11.1 Å². The first-order valence-corrected chi connectivity index (χ1v) is 8.46. The van der Waals surface area contributed by atoms with Crippen LogP contribution in [0, 0.1) is 0 Å². The topological polar surface area (TPSA) is 73.2 Å². The van der Waals surface area contributed by atoms with Gasteiger partial charge in [0.1, 0.15) is 11.4 Å². The number of ether oxygens (including phenoxy) is 1. The number of carbonyl (C=O) groups excluding carboxylic acids is 1. The number of hydrogen-bond donors (Lipinski definition) is 1. The van der Waals surface area contributed by atoms with E-state index in [1.165, 1.54) is 30.3 Å². The van der Waals surface area contributed by atoms with Gasteiger partial charge in [0.15, 0.2) is 6.61 Å². The second kappa shape index (κ2) is 8.90. The number of hydrogen-bond acceptors (Lipinski definition) is 4. The number of unbranched alkanes of at least 4 members (excludes halogenated alkanes) is 1. The number of aromatic nitrogens is 2. The fourth-order valence-electron chi connectivity index (χ4n) is 2.11. The van der Waals surface area contributed by atoms with Gasteiger partial charge in [0.25, 0.3) is 11.5 Å². The number of carbonyl (C=O) groups is 1. The average molecular weight is 404 g/mol. The van der Waals surface area contributed by atoms with Crippen molar-refractivity contribution in [2.45, 2.75) is 32.5 Å². The summed E-state index contributed by atoms with van der Waals surface area (Å²) in [6, 6.07) is 6.27. The fraction of sp³-hybridized carbons (Fsp3) is 0.353. The molecule has 0 unspecified atom stereocenters. The number of rotatable bonds is 7. The lowest BCUT2D eigenvalue weighted by molar-refractivity contribution is -0.153. The quantitative estimate of drug-likeness (QED) is 0.761. The lowest BCUT2D eigenvalue weighted by Gasteiger charge is -2.14. The van der Waals surface area contributed by atoms with Crippen LogP contribution in [0.4, 0.5) is 18.9 Å². The van der Waals surface area contributed by atoms with Crippen molar-refractivity contribution < 1.29 is 22.7 Å². The molecule has 0 aliphatic rings. The first-order chi connectivity index (χ1) is 12.7. The van der Waals surface area contributed by atoms with Gasteiger partial charge in [0.05, 0.1) is 5.69 Å². The van der Waals surface area contributed by atoms with Gasteiger partial charge < -0.3 is 10.1 Å². The molecule has 1 N–H and O–H groups in total. The van der Waals surface area contributed by atoms with E-state index in [1.54, 1.807) is 0 Å². The van der Waals surface area contributed by atoms with E-state index in [4.69, 9.17) is 16.3 Å². The Bertz CT molecular complexity index is 868. The Morgan fingerprint density at radius 2 is 2.04 bits per heavy atom. The van der Waals surface area contributed by atoms with Gasteiger partial charge in [0.2, 0.25) is 0 Å². The van der Waals surface area contributed by atoms with Crippen LogP contribution < -0.4 is 15.6 Å². The molecular weight excluding hydrogens is 387 g/mol. The molecule has 0 saturated carbocycles. The third-order valence-electron chi connectivity index (χ3n) is 3.40. The summed E-state index contributed by atoms with van der Waals surface area (Å²) in [7, 11) is 0. The van der Waals surface area contributed by atoms with Crippen LogP contribution in [0.3, 0.4) is 0 Å². The van der Waals surface area contributed by atoms with Crippen molar-refractivity contribution in [2.24, 2.45) is 0 Å². The molecule has 1 amide bonds. The van der Waals surface area contributed by atoms with E-state index in [0.29, 0.717) is 13.0 Å². The second-order valence-corrected chi connectivity index (χ2v) is 6.07. The van der Waals surface area contributed by atoms with Crippen molar-refractivity contribution >= 4 is 23.2 Å². The Kier molecular flexibility index (Phi) is 6.84. The molecule has 6 nitrogen and oxygen atoms in total. The van der Waals surface area contributed by atoms with Crippen molar-refractivity contribution in [1.82, 2.24) is 9.78 Å². The van der Waals surface area contributed by atoms with Crippen LogP contribution in [0.2, 0.25) is 5.02 Å². The molecule has 0 atom stereocenters. The van der Waals surface area contributed by atoms with Gasteiger partial charge in [-0.05, 0) is 30.7 Å². The molecule has 0 aliphatic carbocycles. The molecule has 0 bridgehead atoms. The van der Waals surface area contributed by atoms with Gasteiger partial charge >= 0.3 is 6.18 Å². The largest absolute Gasteiger partial charge is 0.482 e. The standard InChI is InChI=1S/C17H17ClF3N3O3/c1-2-3-8-24-15(25)7-5-12(23-24)16(26)22-13-9-11(18)4-6-14(13)27-10-17(19,20)21/h4-7,9H,2-3,8,10H2,1H3,(H,22,26). The van der Waals surface area contributed by atoms with Gasteiger partial charge in [-0.1, -0.05) is 24.9 Å². The van der Waals surface area contributed by atoms with Crippen LogP contribution in [0.15, 0.2) is 35.1 Å². The maximum Gasteiger partial charge on any atom is 0.422 e. The highest BCUT2D eigenvalue weighted by molar-refractivity contribution is 6.31. The molecule has 146 valence electrons. The Morgan fingerprint density at radius 1 is 1.30 bits per heavy atom. The predicted octanol–water partition coefficient (Wildman–Crippen LogP) is 3.89. The molecular formula is C17H17ClF3N3O3. The Hall–Kier alpha value is -2.55. The van der Waals surface area contributed by atoms with E-state index in [9.17, 15) is 22.8 Å². The van der Waals surface area contributed by atoms with Crippen LogP contribution in [0.1, 0.15) is 30.3 Å². The van der Waals surface area contributed by atoms with Crippen molar-refractivity contribution in [3.63, 3.8) is 0 Å². The maximum absolute atomic E-state index is 12.4. The summed E-state index contributed by atoms with van der Waals surface area (Å²) in [5, 5.41) is 6.59. The summed E-state index contributed by atoms with van der Waals surface area (Å²) in [5.74, 6) is -0.899. The zero-order valence-corrected chi connectivity index (χ0v) is 15.1. The van der Waals surface area contributed by atoms with Crippen LogP contribution in [-0.4, -0.2) is 28.5 Å². The Morgan fingerprint density at radius 3 is 2.70 bits per heavy atom. The van der Waals surface area contributed by atoms with E-state index in [2.05, 4.69) is 10.4 Å². The lowest BCUT2D eigenvalue weighted by atomic mass is 10.2. The SMILES string of the molecule is CCCCn1nc(C(=O)Nc2cc(Cl)ccc2OCC(F)(F)F)ccc1=O. The van der Waals surface area contributed by atoms with Crippen LogP contribution in [0.25, 0.3) is 0 Å². The minimum absolute atomic E-state index is 0.0372. The number of nitrogens with zero attached hydrogens (tertiary/aromatic N) is 2. The number of alkyl halides is 3. The van der Waals surface area contributed by atoms with Crippen molar-refractivity contribution in [1.29, 1.82) is 0 Å². The van der Waals surface area contributed by atoms with Crippen molar-refractivity contribution in [2.75, 3.05) is 11.9 Å². The maximum atomic E-state index is 12.4. The Labute approximate surface area is 157 Å². The van der Waals surface area contributed by atoms with Gasteiger partial charge in [-0.2, -0.15) is 18.3 Å². The molecule has 2 rings (SSSR count). The molecule has 0 spiro atoms. The van der Waals surface area contributed by atoms with Gasteiger partial charge in [-0.25, -0.2) is 4.68 Å². The number of halogens is 4. The van der Waals surface area contributed by atoms with Gasteiger partial charge in [-0.3, -0.25) is 9.59 Å². The van der Waals surface area contributed by atoms with Gasteiger partial charge in [0, 0.05) is 17.6 Å². The predicted molar refractivity (Wildman–Crippen MR) is 94.4 cm³/mol. The zero-order chi connectivity index (χ0) is 20.0. The molecule has 0 radical (unpaired) electrons. The molecule has 27 heavy (non-hydrogen) atoms. The normalized spacial score (nSPS) is 11.3. The summed E-state index contributed by atoms with van der Waals surface area (Å²) < 4.78 is 43.0. The summed E-state index contributed by atoms with van der Waals surface area (Å²) >= 11 is 5.85. The molecule has 1 aromatic heterocycles. The van der Waals surface area contributed by atoms with Crippen molar-refractivity contribution in [3.8, 4) is 5.75 Å². The number of amides is 1. The number of benzene rings is 1. The van der Waals surface area contributed by atoms with Crippen LogP contribution in [-0.2, 0) is 6.54 Å². The number of aryl methyl sites for hydroxylation is 1. The molecule has 0 fully saturated rings. The molecule has 0 aliphatic heterocycles. The average Bonchev–Trinajstić information content (AvgIpc) is 2.59. The minimum Gasteiger partial charge on any atom is -0.482 e. The van der Waals surface area contributed by atoms with E-state index in [1.807, 2.05) is 6.92 Å². The molecule has 10 heteroatoms. The van der Waals surface area contributed by atoms with Crippen LogP contribution in [0.5, 0.6) is 5.75 Å². The molecule has 1 aromatic carbocycles. The van der Waals surface area contributed by atoms with Gasteiger partial charge in [-0.15, -0.1) is 0 Å². The lowest BCUT2D eigenvalue weighted by Crippen LogP contribution is -2.26. The summed E-state index contributed by atoms with van der Waals surface area (Å²) in [5.41, 5.74) is -0.450. The highest BCUT2D eigenvalue weighted by Crippen LogP contribution is 2.30. The molecule has 1 heterocycles. The first kappa shape index (κ1) is 20.8. The smallest absolute Gasteiger partial charge is 0.422 e. The molecule has 2 aromatic rings. The summed E-state index contributed by atoms with van der Waals surface area (Å²) in [4.78, 5) is 24.2. The van der Waals surface area contributed by atoms with E-state index in [-0.39, 0.29) is 27.7 Å². The molecule has 0 saturated heterocycles. The second-order valence-electron chi connectivity index (χ2n) is 5.63. The first-order valence-electron chi connectivity index (χ1n) is 8.08. The third-order valence-corrected chi connectivity index (χ3v) is 3.64. The van der Waals surface area contributed by atoms with E-state index < -0.39 is 18.7 Å². The zero-order valence-electron chi connectivity index (χ0n) is 14.3. The monoisotopic (exact) mass is 403 g/mol. The fourth-order valence-corrected chi connectivity index (χ4v) is 2.28. The highest BCUT2D eigenvalue weighted by atomic mass is 35.5. The number of anilines is 1. The minimum atomic E-state index is -4.53. The van der Waals surface area contributed by atoms with Crippen LogP contribution >= 0.6 is 11.6 Å². The van der Waals surface area contributed by atoms with Crippen molar-refractivity contribution in [3.05, 3.63) is 51.4 Å². The summed E-state index contributed by atoms with van der Waals surface area (Å²) in [6.07, 6.45) is -2.98. The van der Waals surface area contributed by atoms with E-state index >= 15 is 0 Å². The Balaban J connectivity index is 2.22.